The third-order valence-corrected chi connectivity index (χ3v) is 4.97. The van der Waals surface area contributed by atoms with E-state index < -0.39 is 10.0 Å². The molecule has 0 bridgehead atoms. The van der Waals surface area contributed by atoms with Crippen LogP contribution in [0.4, 0.5) is 5.69 Å². The molecule has 1 unspecified atom stereocenters. The fraction of sp³-hybridized carbons (Fsp3) is 0.0588. The highest BCUT2D eigenvalue weighted by molar-refractivity contribution is 7.89. The van der Waals surface area contributed by atoms with Gasteiger partial charge in [0, 0.05) is 12.1 Å². The number of para-hydroxylation sites is 1. The summed E-state index contributed by atoms with van der Waals surface area (Å²) in [7, 11) is -1.83. The van der Waals surface area contributed by atoms with Crippen LogP contribution in [0.5, 0.6) is 0 Å². The van der Waals surface area contributed by atoms with E-state index in [9.17, 15) is 8.42 Å². The van der Waals surface area contributed by atoms with E-state index >= 15 is 0 Å². The van der Waals surface area contributed by atoms with Crippen LogP contribution in [-0.2, 0) is 10.0 Å². The van der Waals surface area contributed by atoms with Gasteiger partial charge in [-0.3, -0.25) is 0 Å². The average Bonchev–Trinajstić information content (AvgIpc) is 2.55. The Bertz CT molecular complexity index is 899. The zero-order valence-electron chi connectivity index (χ0n) is 12.5. The molecule has 3 aromatic rings. The van der Waals surface area contributed by atoms with Gasteiger partial charge < -0.3 is 12.4 Å². The summed E-state index contributed by atoms with van der Waals surface area (Å²) in [5.74, 6) is 0. The number of fused-ring (bicyclic) bond motifs is 1. The van der Waals surface area contributed by atoms with Crippen molar-refractivity contribution in [3.63, 3.8) is 0 Å². The number of hydrogen-bond acceptors (Lipinski definition) is 2. The molecule has 0 aromatic heterocycles. The SMILES string of the molecule is C[NH+](NS(=O)(=O)c1ccc2ccccc2c1)c1ccccc1.[Cl-]. The van der Waals surface area contributed by atoms with Crippen LogP contribution < -0.4 is 22.2 Å². The molecule has 0 amide bonds. The number of nitrogens with one attached hydrogen (secondary N) is 2. The molecule has 3 aromatic carbocycles. The molecule has 4 nitrogen and oxygen atoms in total. The van der Waals surface area contributed by atoms with Crippen molar-refractivity contribution >= 4 is 26.5 Å². The molecule has 2 N–H and O–H groups in total. The molecule has 0 saturated heterocycles. The van der Waals surface area contributed by atoms with Gasteiger partial charge in [0.25, 0.3) is 10.0 Å². The standard InChI is InChI=1S/C17H16N2O2S.ClH/c1-19(16-9-3-2-4-10-16)18-22(20,21)17-12-11-14-7-5-6-8-15(14)13-17;/h2-13,18H,1H3;1H. The molecule has 3 rings (SSSR count). The Kier molecular flexibility index (Phi) is 5.38. The van der Waals surface area contributed by atoms with E-state index in [1.807, 2.05) is 60.7 Å². The number of hydrogen-bond donors (Lipinski definition) is 2. The number of rotatable bonds is 4. The van der Waals surface area contributed by atoms with Gasteiger partial charge in [0.15, 0.2) is 5.69 Å². The third kappa shape index (κ3) is 3.89. The zero-order valence-corrected chi connectivity index (χ0v) is 14.1. The zero-order chi connectivity index (χ0) is 15.6. The van der Waals surface area contributed by atoms with Crippen LogP contribution in [-0.4, -0.2) is 15.5 Å². The predicted octanol–water partition coefficient (Wildman–Crippen LogP) is -1.12. The van der Waals surface area contributed by atoms with E-state index in [0.717, 1.165) is 16.5 Å². The van der Waals surface area contributed by atoms with Gasteiger partial charge in [0.1, 0.15) is 0 Å². The van der Waals surface area contributed by atoms with Crippen molar-refractivity contribution in [2.75, 3.05) is 7.05 Å². The highest BCUT2D eigenvalue weighted by atomic mass is 35.5. The topological polar surface area (TPSA) is 50.6 Å². The Labute approximate surface area is 142 Å². The maximum absolute atomic E-state index is 12.5. The molecule has 1 atom stereocenters. The van der Waals surface area contributed by atoms with Gasteiger partial charge in [-0.1, -0.05) is 48.5 Å². The van der Waals surface area contributed by atoms with Gasteiger partial charge in [-0.15, -0.1) is 0 Å². The van der Waals surface area contributed by atoms with E-state index in [1.54, 1.807) is 19.2 Å². The quantitative estimate of drug-likeness (QED) is 0.587. The Morgan fingerprint density at radius 2 is 1.43 bits per heavy atom. The lowest BCUT2D eigenvalue weighted by molar-refractivity contribution is -0.843. The Morgan fingerprint density at radius 1 is 0.826 bits per heavy atom. The van der Waals surface area contributed by atoms with Crippen LogP contribution in [0.3, 0.4) is 0 Å². The Morgan fingerprint density at radius 3 is 2.13 bits per heavy atom. The highest BCUT2D eigenvalue weighted by Gasteiger charge is 2.20. The van der Waals surface area contributed by atoms with Gasteiger partial charge in [-0.05, 0) is 27.7 Å². The number of halogens is 1. The largest absolute Gasteiger partial charge is 1.00 e. The minimum atomic E-state index is -3.59. The average molecular weight is 349 g/mol. The Balaban J connectivity index is 0.00000192. The monoisotopic (exact) mass is 348 g/mol. The molecule has 0 spiro atoms. The molecule has 6 heteroatoms. The third-order valence-electron chi connectivity index (χ3n) is 3.53. The normalized spacial score (nSPS) is 12.6. The minimum Gasteiger partial charge on any atom is -1.00 e. The van der Waals surface area contributed by atoms with Gasteiger partial charge in [-0.2, -0.15) is 0 Å². The van der Waals surface area contributed by atoms with Crippen molar-refractivity contribution < 1.29 is 25.8 Å². The van der Waals surface area contributed by atoms with Crippen molar-refractivity contribution in [3.8, 4) is 0 Å². The molecule has 0 aliphatic rings. The fourth-order valence-corrected chi connectivity index (χ4v) is 3.51. The molecule has 0 radical (unpaired) electrons. The first-order valence-corrected chi connectivity index (χ1v) is 8.45. The van der Waals surface area contributed by atoms with Gasteiger partial charge >= 0.3 is 0 Å². The summed E-state index contributed by atoms with van der Waals surface area (Å²) < 4.78 is 25.1. The molecular formula is C17H17ClN2O2S. The first-order chi connectivity index (χ1) is 10.6. The second-order valence-electron chi connectivity index (χ2n) is 5.11. The van der Waals surface area contributed by atoms with Gasteiger partial charge in [0.2, 0.25) is 0 Å². The lowest BCUT2D eigenvalue weighted by Gasteiger charge is -2.14. The van der Waals surface area contributed by atoms with Crippen molar-refractivity contribution in [3.05, 3.63) is 72.8 Å². The van der Waals surface area contributed by atoms with Crippen molar-refractivity contribution in [1.29, 1.82) is 0 Å². The number of quaternary nitrogens is 1. The first kappa shape index (κ1) is 17.4. The molecular weight excluding hydrogens is 332 g/mol. The van der Waals surface area contributed by atoms with Crippen molar-refractivity contribution in [2.24, 2.45) is 0 Å². The van der Waals surface area contributed by atoms with E-state index in [1.165, 1.54) is 0 Å². The van der Waals surface area contributed by atoms with E-state index in [2.05, 4.69) is 4.83 Å². The van der Waals surface area contributed by atoms with Crippen LogP contribution in [0.15, 0.2) is 77.7 Å². The first-order valence-electron chi connectivity index (χ1n) is 6.97. The van der Waals surface area contributed by atoms with E-state index in [4.69, 9.17) is 0 Å². The Hall–Kier alpha value is -1.92. The maximum atomic E-state index is 12.5. The van der Waals surface area contributed by atoms with Crippen LogP contribution in [0.1, 0.15) is 0 Å². The van der Waals surface area contributed by atoms with Gasteiger partial charge in [0.05, 0.1) is 11.9 Å². The van der Waals surface area contributed by atoms with Crippen molar-refractivity contribution in [1.82, 2.24) is 4.83 Å². The predicted molar refractivity (Wildman–Crippen MR) is 87.3 cm³/mol. The maximum Gasteiger partial charge on any atom is 0.282 e. The summed E-state index contributed by atoms with van der Waals surface area (Å²) in [6, 6.07) is 22.2. The highest BCUT2D eigenvalue weighted by Crippen LogP contribution is 2.18. The number of sulfonamides is 1. The smallest absolute Gasteiger partial charge is 0.282 e. The molecule has 23 heavy (non-hydrogen) atoms. The summed E-state index contributed by atoms with van der Waals surface area (Å²) in [5.41, 5.74) is 0.854. The van der Waals surface area contributed by atoms with Crippen LogP contribution in [0, 0.1) is 0 Å². The van der Waals surface area contributed by atoms with E-state index in [0.29, 0.717) is 5.01 Å². The minimum absolute atomic E-state index is 0. The molecule has 0 aliphatic carbocycles. The van der Waals surface area contributed by atoms with Crippen molar-refractivity contribution in [2.45, 2.75) is 4.90 Å². The molecule has 0 saturated carbocycles. The second-order valence-corrected chi connectivity index (χ2v) is 6.79. The summed E-state index contributed by atoms with van der Waals surface area (Å²) in [4.78, 5) is 2.91. The van der Waals surface area contributed by atoms with E-state index in [-0.39, 0.29) is 17.3 Å². The molecule has 0 aliphatic heterocycles. The van der Waals surface area contributed by atoms with Crippen LogP contribution >= 0.6 is 0 Å². The summed E-state index contributed by atoms with van der Waals surface area (Å²) >= 11 is 0. The molecule has 0 fully saturated rings. The van der Waals surface area contributed by atoms with Crippen LogP contribution in [0.2, 0.25) is 0 Å². The lowest BCUT2D eigenvalue weighted by atomic mass is 10.1. The summed E-state index contributed by atoms with van der Waals surface area (Å²) in [5, 5.41) is 2.53. The lowest BCUT2D eigenvalue weighted by Crippen LogP contribution is -3.11. The number of benzene rings is 3. The summed E-state index contributed by atoms with van der Waals surface area (Å²) in [6.07, 6.45) is 0. The van der Waals surface area contributed by atoms with Gasteiger partial charge in [-0.25, -0.2) is 13.4 Å². The van der Waals surface area contributed by atoms with Crippen LogP contribution in [0.25, 0.3) is 10.8 Å². The fourth-order valence-electron chi connectivity index (χ4n) is 2.34. The molecule has 0 heterocycles. The summed E-state index contributed by atoms with van der Waals surface area (Å²) in [6.45, 7) is 0. The molecule has 120 valence electrons. The second kappa shape index (κ2) is 7.10.